The van der Waals surface area contributed by atoms with E-state index in [9.17, 15) is 0 Å². The monoisotopic (exact) mass is 730 g/mol. The molecule has 1 aliphatic carbocycles. The van der Waals surface area contributed by atoms with E-state index in [1.165, 1.54) is 66.1 Å². The Bertz CT molecular complexity index is 3030. The fourth-order valence-corrected chi connectivity index (χ4v) is 9.02. The van der Waals surface area contributed by atoms with Gasteiger partial charge in [0.25, 0.3) is 0 Å². The van der Waals surface area contributed by atoms with E-state index in [-0.39, 0.29) is 5.41 Å². The van der Waals surface area contributed by atoms with E-state index < -0.39 is 0 Å². The van der Waals surface area contributed by atoms with Gasteiger partial charge in [-0.2, -0.15) is 0 Å². The molecule has 0 bridgehead atoms. The quantitative estimate of drug-likeness (QED) is 0.160. The molecule has 1 aliphatic rings. The second kappa shape index (κ2) is 12.9. The third-order valence-electron chi connectivity index (χ3n) is 11.8. The van der Waals surface area contributed by atoms with E-state index in [2.05, 4.69) is 191 Å². The Balaban J connectivity index is 0.883. The summed E-state index contributed by atoms with van der Waals surface area (Å²) in [4.78, 5) is 9.34. The number of fused-ring (bicyclic) bond motifs is 9. The van der Waals surface area contributed by atoms with Crippen LogP contribution in [0, 0.1) is 0 Å². The van der Waals surface area contributed by atoms with Crippen molar-refractivity contribution in [2.45, 2.75) is 19.3 Å². The number of para-hydroxylation sites is 2. The largest absolute Gasteiger partial charge is 0.294 e. The van der Waals surface area contributed by atoms with Crippen LogP contribution in [0.4, 0.5) is 0 Å². The molecular weight excluding hydrogens is 693 g/mol. The Kier molecular flexibility index (Phi) is 7.48. The molecule has 0 N–H and O–H groups in total. The summed E-state index contributed by atoms with van der Waals surface area (Å²) in [6.45, 7) is 4.71. The minimum atomic E-state index is -0.128. The van der Waals surface area contributed by atoms with E-state index in [0.29, 0.717) is 0 Å². The van der Waals surface area contributed by atoms with Crippen LogP contribution in [-0.4, -0.2) is 19.1 Å². The van der Waals surface area contributed by atoms with Crippen molar-refractivity contribution in [2.24, 2.45) is 0 Å². The lowest BCUT2D eigenvalue weighted by Crippen LogP contribution is -2.15. The van der Waals surface area contributed by atoms with E-state index >= 15 is 0 Å². The van der Waals surface area contributed by atoms with Gasteiger partial charge in [-0.1, -0.05) is 135 Å². The first kappa shape index (κ1) is 33.1. The second-order valence-corrected chi connectivity index (χ2v) is 15.5. The Hall–Kier alpha value is -7.30. The highest BCUT2D eigenvalue weighted by Crippen LogP contribution is 2.49. The van der Waals surface area contributed by atoms with E-state index in [0.717, 1.165) is 33.7 Å². The van der Waals surface area contributed by atoms with Crippen molar-refractivity contribution < 1.29 is 0 Å². The SMILES string of the molecule is CC1(C)c2cc(C=Cc3ccc4c(c3)c3ccccc3n4-c3ccccn3)ccc2-c2ccc(C=Cc3ccc4c(c3)c3ccccc3n4-c3ccccn3)cc21. The number of nitrogens with zero attached hydrogens (tertiary/aromatic N) is 4. The highest BCUT2D eigenvalue weighted by molar-refractivity contribution is 6.11. The van der Waals surface area contributed by atoms with Gasteiger partial charge in [0.1, 0.15) is 11.6 Å². The third kappa shape index (κ3) is 5.37. The van der Waals surface area contributed by atoms with Gasteiger partial charge in [0, 0.05) is 39.4 Å². The lowest BCUT2D eigenvalue weighted by molar-refractivity contribution is 0.660. The lowest BCUT2D eigenvalue weighted by atomic mass is 9.81. The summed E-state index contributed by atoms with van der Waals surface area (Å²) in [6.07, 6.45) is 12.7. The molecule has 0 atom stereocenters. The van der Waals surface area contributed by atoms with E-state index in [4.69, 9.17) is 0 Å². The highest BCUT2D eigenvalue weighted by atomic mass is 15.1. The zero-order chi connectivity index (χ0) is 38.1. The molecule has 0 aliphatic heterocycles. The highest BCUT2D eigenvalue weighted by Gasteiger charge is 2.35. The first-order valence-electron chi connectivity index (χ1n) is 19.6. The Morgan fingerprint density at radius 2 is 0.772 bits per heavy atom. The van der Waals surface area contributed by atoms with Gasteiger partial charge in [0.05, 0.1) is 22.1 Å². The number of benzene rings is 6. The summed E-state index contributed by atoms with van der Waals surface area (Å²) >= 11 is 0. The van der Waals surface area contributed by atoms with Crippen molar-refractivity contribution in [2.75, 3.05) is 0 Å². The second-order valence-electron chi connectivity index (χ2n) is 15.5. The zero-order valence-corrected chi connectivity index (χ0v) is 31.8. The predicted molar refractivity (Wildman–Crippen MR) is 239 cm³/mol. The Morgan fingerprint density at radius 1 is 0.386 bits per heavy atom. The van der Waals surface area contributed by atoms with Crippen LogP contribution in [0.2, 0.25) is 0 Å². The molecule has 0 spiro atoms. The summed E-state index contributed by atoms with van der Waals surface area (Å²) in [5, 5.41) is 4.90. The van der Waals surface area contributed by atoms with Crippen molar-refractivity contribution in [3.63, 3.8) is 0 Å². The van der Waals surface area contributed by atoms with Crippen molar-refractivity contribution >= 4 is 67.9 Å². The summed E-state index contributed by atoms with van der Waals surface area (Å²) in [5.74, 6) is 1.85. The molecule has 10 aromatic rings. The van der Waals surface area contributed by atoms with Crippen LogP contribution in [0.5, 0.6) is 0 Å². The van der Waals surface area contributed by atoms with Crippen LogP contribution in [0.3, 0.4) is 0 Å². The van der Waals surface area contributed by atoms with Crippen LogP contribution in [0.15, 0.2) is 170 Å². The molecule has 4 nitrogen and oxygen atoms in total. The molecule has 4 heteroatoms. The van der Waals surface area contributed by atoms with Crippen LogP contribution < -0.4 is 0 Å². The maximum Gasteiger partial charge on any atom is 0.137 e. The lowest BCUT2D eigenvalue weighted by Gasteiger charge is -2.22. The number of pyridine rings is 2. The third-order valence-corrected chi connectivity index (χ3v) is 11.8. The van der Waals surface area contributed by atoms with E-state index in [1.54, 1.807) is 0 Å². The average Bonchev–Trinajstić information content (AvgIpc) is 3.85. The van der Waals surface area contributed by atoms with Gasteiger partial charge >= 0.3 is 0 Å². The number of aromatic nitrogens is 4. The normalized spacial score (nSPS) is 13.4. The minimum absolute atomic E-state index is 0.128. The van der Waals surface area contributed by atoms with Gasteiger partial charge in [-0.15, -0.1) is 0 Å². The number of hydrogen-bond acceptors (Lipinski definition) is 2. The van der Waals surface area contributed by atoms with Crippen molar-refractivity contribution in [1.29, 1.82) is 0 Å². The molecule has 0 amide bonds. The molecule has 0 unspecified atom stereocenters. The molecule has 0 radical (unpaired) electrons. The van der Waals surface area contributed by atoms with E-state index in [1.807, 2.05) is 36.7 Å². The zero-order valence-electron chi connectivity index (χ0n) is 31.8. The smallest absolute Gasteiger partial charge is 0.137 e. The van der Waals surface area contributed by atoms with Crippen LogP contribution >= 0.6 is 0 Å². The first-order chi connectivity index (χ1) is 28.0. The van der Waals surface area contributed by atoms with Crippen molar-refractivity contribution in [1.82, 2.24) is 19.1 Å². The first-order valence-corrected chi connectivity index (χ1v) is 19.6. The maximum atomic E-state index is 4.67. The molecule has 0 saturated heterocycles. The van der Waals surface area contributed by atoms with Crippen LogP contribution in [0.1, 0.15) is 47.2 Å². The Labute approximate surface area is 331 Å². The molecule has 4 heterocycles. The predicted octanol–water partition coefficient (Wildman–Crippen LogP) is 13.3. The van der Waals surface area contributed by atoms with Crippen molar-refractivity contribution in [3.05, 3.63) is 203 Å². The standard InChI is InChI=1S/C53H38N4/c1-53(2)45-33-37(19-17-35-23-27-49-43(31-35)41-11-3-5-13-47(41)56(49)51-15-7-9-29-54-51)21-25-39(45)40-26-22-38(34-46(40)53)20-18-36-24-28-50-44(32-36)42-12-4-6-14-48(42)57(50)52-16-8-10-30-55-52/h3-34H,1-2H3. The van der Waals surface area contributed by atoms with Gasteiger partial charge in [-0.3, -0.25) is 9.13 Å². The molecule has 270 valence electrons. The fraction of sp³-hybridized carbons (Fsp3) is 0.0566. The van der Waals surface area contributed by atoms with Gasteiger partial charge in [0.2, 0.25) is 0 Å². The van der Waals surface area contributed by atoms with Gasteiger partial charge in [-0.05, 0) is 105 Å². The Morgan fingerprint density at radius 3 is 1.21 bits per heavy atom. The molecular formula is C53H38N4. The summed E-state index contributed by atoms with van der Waals surface area (Å²) in [6, 6.07) is 56.6. The maximum absolute atomic E-state index is 4.67. The summed E-state index contributed by atoms with van der Waals surface area (Å²) in [7, 11) is 0. The number of rotatable bonds is 6. The molecule has 11 rings (SSSR count). The van der Waals surface area contributed by atoms with Crippen LogP contribution in [-0.2, 0) is 5.41 Å². The van der Waals surface area contributed by atoms with Crippen molar-refractivity contribution in [3.8, 4) is 22.8 Å². The molecule has 0 saturated carbocycles. The minimum Gasteiger partial charge on any atom is -0.294 e. The topological polar surface area (TPSA) is 35.6 Å². The van der Waals surface area contributed by atoms with Crippen LogP contribution in [0.25, 0.3) is 90.7 Å². The molecule has 6 aromatic carbocycles. The molecule has 57 heavy (non-hydrogen) atoms. The fourth-order valence-electron chi connectivity index (χ4n) is 9.02. The summed E-state index contributed by atoms with van der Waals surface area (Å²) in [5.41, 5.74) is 14.6. The van der Waals surface area contributed by atoms with Gasteiger partial charge in [0.15, 0.2) is 0 Å². The number of hydrogen-bond donors (Lipinski definition) is 0. The molecule has 0 fully saturated rings. The summed E-state index contributed by atoms with van der Waals surface area (Å²) < 4.78 is 4.51. The average molecular weight is 731 g/mol. The molecule has 4 aromatic heterocycles. The van der Waals surface area contributed by atoms with Gasteiger partial charge in [-0.25, -0.2) is 9.97 Å². The van der Waals surface area contributed by atoms with Gasteiger partial charge < -0.3 is 0 Å².